The van der Waals surface area contributed by atoms with Gasteiger partial charge in [0.2, 0.25) is 0 Å². The van der Waals surface area contributed by atoms with E-state index in [2.05, 4.69) is 0 Å². The van der Waals surface area contributed by atoms with E-state index in [1.54, 1.807) is 0 Å². The van der Waals surface area contributed by atoms with Crippen LogP contribution in [-0.2, 0) is 19.4 Å². The Labute approximate surface area is 84.5 Å². The minimum absolute atomic E-state index is 0. The molecule has 0 atom stereocenters. The van der Waals surface area contributed by atoms with Crippen LogP contribution in [0.2, 0.25) is 0 Å². The van der Waals surface area contributed by atoms with Crippen molar-refractivity contribution in [2.75, 3.05) is 0 Å². The number of hydrogen-bond donors (Lipinski definition) is 3. The van der Waals surface area contributed by atoms with Gasteiger partial charge in [0.05, 0.1) is 0 Å². The zero-order valence-electron chi connectivity index (χ0n) is 3.57. The van der Waals surface area contributed by atoms with Gasteiger partial charge in [-0.1, -0.05) is 0 Å². The van der Waals surface area contributed by atoms with Gasteiger partial charge in [0.1, 0.15) is 0 Å². The van der Waals surface area contributed by atoms with E-state index in [1.165, 1.54) is 0 Å². The quantitative estimate of drug-likeness (QED) is 0.0852. The van der Waals surface area contributed by atoms with Crippen LogP contribution in [0.1, 0.15) is 0 Å². The number of rotatable bonds is 0. The molecule has 7 heteroatoms. The summed E-state index contributed by atoms with van der Waals surface area (Å²) in [4.78, 5) is 0. The fourth-order valence-electron chi connectivity index (χ4n) is 0. The van der Waals surface area contributed by atoms with Crippen molar-refractivity contribution in [2.45, 2.75) is 0 Å². The van der Waals surface area contributed by atoms with Crippen LogP contribution in [0.15, 0.2) is 0 Å². The monoisotopic (exact) mass is 154 g/mol. The maximum Gasteiger partial charge on any atom is 1.00 e. The predicted molar refractivity (Wildman–Crippen MR) is 16.6 cm³/mol. The Kier molecular flexibility index (Phi) is 35.3. The molecule has 0 saturated heterocycles. The van der Waals surface area contributed by atoms with Gasteiger partial charge in [0.25, 0.3) is 0 Å². The first kappa shape index (κ1) is 15.8. The summed E-state index contributed by atoms with van der Waals surface area (Å²) >= 11 is 0. The van der Waals surface area contributed by atoms with E-state index in [0.29, 0.717) is 0 Å². The van der Waals surface area contributed by atoms with Crippen LogP contribution in [-0.4, -0.2) is 15.1 Å². The van der Waals surface area contributed by atoms with Crippen molar-refractivity contribution in [2.24, 2.45) is 0 Å². The Hall–Kier alpha value is 1.47. The molecule has 0 aromatic heterocycles. The Balaban J connectivity index is -0.0000000480. The maximum atomic E-state index is 8.56. The molecule has 0 radical (unpaired) electrons. The van der Waals surface area contributed by atoms with E-state index in [0.717, 1.165) is 0 Å². The third-order valence-corrected chi connectivity index (χ3v) is 0. The minimum Gasteiger partial charge on any atom is -0.439 e. The second-order valence-corrected chi connectivity index (χ2v) is 0.651. The Bertz CT molecular complexity index is 56.5. The standard InChI is InChI=1S/K.HO3S.H2O2/c;1-4(2)3;1-2/h;(H,1,2,3);1-2H/q+1;-1;. The first-order chi connectivity index (χ1) is 2.73. The summed E-state index contributed by atoms with van der Waals surface area (Å²) in [6, 6.07) is 0. The van der Waals surface area contributed by atoms with Crippen molar-refractivity contribution < 1.29 is 74.9 Å². The van der Waals surface area contributed by atoms with Crippen molar-refractivity contribution in [1.82, 2.24) is 0 Å². The van der Waals surface area contributed by atoms with Gasteiger partial charge in [-0.3, -0.25) is 10.5 Å². The summed E-state index contributed by atoms with van der Waals surface area (Å²) in [6.45, 7) is 0. The van der Waals surface area contributed by atoms with Gasteiger partial charge in [0.15, 0.2) is 0 Å². The summed E-state index contributed by atoms with van der Waals surface area (Å²) in [7, 11) is -2.86. The van der Waals surface area contributed by atoms with Crippen LogP contribution in [0.4, 0.5) is 0 Å². The molecule has 3 N–H and O–H groups in total. The van der Waals surface area contributed by atoms with Gasteiger partial charge in [0, 0.05) is 11.0 Å². The average Bonchev–Trinajstić information content (AvgIpc) is 1.41. The molecule has 0 aliphatic heterocycles. The van der Waals surface area contributed by atoms with E-state index in [9.17, 15) is 0 Å². The molecule has 0 aromatic rings. The summed E-state index contributed by atoms with van der Waals surface area (Å²) in [5, 5.41) is 12.0. The van der Waals surface area contributed by atoms with Crippen LogP contribution >= 0.6 is 0 Å². The van der Waals surface area contributed by atoms with Crippen molar-refractivity contribution in [3.05, 3.63) is 0 Å². The van der Waals surface area contributed by atoms with E-state index >= 15 is 0 Å². The molecule has 0 aliphatic carbocycles. The van der Waals surface area contributed by atoms with Crippen LogP contribution < -0.4 is 51.4 Å². The van der Waals surface area contributed by atoms with E-state index in [1.807, 2.05) is 0 Å². The second kappa shape index (κ2) is 15.7. The zero-order chi connectivity index (χ0) is 5.58. The first-order valence-electron chi connectivity index (χ1n) is 0.716. The largest absolute Gasteiger partial charge is 1.00 e. The average molecular weight is 154 g/mol. The van der Waals surface area contributed by atoms with Gasteiger partial charge in [-0.05, 0) is 0 Å². The second-order valence-electron chi connectivity index (χ2n) is 0.217. The van der Waals surface area contributed by atoms with Crippen LogP contribution in [0.25, 0.3) is 0 Å². The molecule has 0 saturated carbocycles. The summed E-state index contributed by atoms with van der Waals surface area (Å²) in [5.74, 6) is 0. The van der Waals surface area contributed by atoms with Crippen LogP contribution in [0, 0.1) is 0 Å². The molecule has 0 aromatic carbocycles. The van der Waals surface area contributed by atoms with Gasteiger partial charge in [-0.2, -0.15) is 0 Å². The third kappa shape index (κ3) is 104. The normalized spacial score (nSPS) is 5.71. The first-order valence-corrected chi connectivity index (χ1v) is 1.75. The van der Waals surface area contributed by atoms with Gasteiger partial charge in [-0.25, -0.2) is 0 Å². The van der Waals surface area contributed by atoms with Crippen LogP contribution in [0.5, 0.6) is 0 Å². The number of hydrogen-bond acceptors (Lipinski definition) is 5. The topological polar surface area (TPSA) is 94.8 Å². The molecule has 7 heavy (non-hydrogen) atoms. The molecule has 0 unspecified atom stereocenters. The Morgan fingerprint density at radius 2 is 1.14 bits per heavy atom. The van der Waals surface area contributed by atoms with E-state index in [4.69, 9.17) is 23.5 Å². The summed E-state index contributed by atoms with van der Waals surface area (Å²) < 4.78 is 24.1. The summed E-state index contributed by atoms with van der Waals surface area (Å²) in [6.07, 6.45) is 0. The van der Waals surface area contributed by atoms with Gasteiger partial charge < -0.3 is 13.0 Å². The molecule has 0 bridgehead atoms. The summed E-state index contributed by atoms with van der Waals surface area (Å²) in [5.41, 5.74) is 0. The third-order valence-electron chi connectivity index (χ3n) is 0. The molecule has 0 spiro atoms. The molecule has 0 rings (SSSR count). The Morgan fingerprint density at radius 1 is 1.14 bits per heavy atom. The SMILES string of the molecule is O=[S-](=O)O.OO.[K+]. The minimum atomic E-state index is -2.86. The van der Waals surface area contributed by atoms with Crippen LogP contribution in [0.3, 0.4) is 0 Å². The van der Waals surface area contributed by atoms with Gasteiger partial charge >= 0.3 is 51.4 Å². The molecule has 40 valence electrons. The smallest absolute Gasteiger partial charge is 0.439 e. The molecule has 0 amide bonds. The van der Waals surface area contributed by atoms with Gasteiger partial charge in [-0.15, -0.1) is 0 Å². The predicted octanol–water partition coefficient (Wildman–Crippen LogP) is -3.21. The zero-order valence-corrected chi connectivity index (χ0v) is 7.51. The fourth-order valence-corrected chi connectivity index (χ4v) is 0. The molecular weight excluding hydrogens is 151 g/mol. The van der Waals surface area contributed by atoms with E-state index < -0.39 is 11.0 Å². The molecule has 0 aliphatic rings. The molecular formula is H3KO5S. The fraction of sp³-hybridized carbons (Fsp3) is 0. The molecule has 0 fully saturated rings. The van der Waals surface area contributed by atoms with Crippen molar-refractivity contribution >= 4 is 11.0 Å². The molecule has 0 heterocycles. The van der Waals surface area contributed by atoms with E-state index in [-0.39, 0.29) is 51.4 Å². The molecule has 5 nitrogen and oxygen atoms in total. The van der Waals surface area contributed by atoms with Crippen molar-refractivity contribution in [3.8, 4) is 0 Å². The van der Waals surface area contributed by atoms with Crippen molar-refractivity contribution in [1.29, 1.82) is 0 Å². The Morgan fingerprint density at radius 3 is 1.14 bits per heavy atom. The van der Waals surface area contributed by atoms with Crippen molar-refractivity contribution in [3.63, 3.8) is 0 Å². The maximum absolute atomic E-state index is 8.56.